The molecule has 2 bridgehead atoms. The number of fused-ring (bicyclic) bond motifs is 1. The quantitative estimate of drug-likeness (QED) is 0.825. The summed E-state index contributed by atoms with van der Waals surface area (Å²) in [5.74, 6) is 0.966. The summed E-state index contributed by atoms with van der Waals surface area (Å²) in [6.07, 6.45) is 2.83. The molecule has 7 nitrogen and oxygen atoms in total. The molecule has 5 unspecified atom stereocenters. The average molecular weight is 413 g/mol. The molecule has 1 aliphatic heterocycles. The van der Waals surface area contributed by atoms with Crippen LogP contribution in [0.15, 0.2) is 53.6 Å². The summed E-state index contributed by atoms with van der Waals surface area (Å²) in [4.78, 5) is 18.5. The second-order valence-electron chi connectivity index (χ2n) is 8.29. The number of aliphatic hydroxyl groups is 1. The van der Waals surface area contributed by atoms with E-state index in [1.54, 1.807) is 43.6 Å². The Morgan fingerprint density at radius 2 is 2.00 bits per heavy atom. The van der Waals surface area contributed by atoms with Crippen LogP contribution in [0.4, 0.5) is 5.82 Å². The maximum absolute atomic E-state index is 13.4. The van der Waals surface area contributed by atoms with Crippen LogP contribution in [-0.2, 0) is 10.0 Å². The van der Waals surface area contributed by atoms with E-state index < -0.39 is 16.1 Å². The van der Waals surface area contributed by atoms with E-state index in [4.69, 9.17) is 0 Å². The molecule has 152 valence electrons. The van der Waals surface area contributed by atoms with Gasteiger partial charge in [0.2, 0.25) is 10.0 Å². The molecular weight excluding hydrogens is 390 g/mol. The minimum Gasteiger partial charge on any atom is -0.391 e. The molecule has 0 radical (unpaired) electrons. The van der Waals surface area contributed by atoms with E-state index >= 15 is 0 Å². The molecule has 1 aromatic carbocycles. The SMILES string of the molecule is CN(C(=O)c1cccc(S(=O)(=O)N2CC3CC4CC3C2C4O)c1)c1ccccn1. The molecule has 5 atom stereocenters. The van der Waals surface area contributed by atoms with E-state index in [1.807, 2.05) is 0 Å². The summed E-state index contributed by atoms with van der Waals surface area (Å²) in [6.45, 7) is 0.456. The maximum atomic E-state index is 13.4. The Bertz CT molecular complexity index is 1060. The van der Waals surface area contributed by atoms with E-state index in [0.29, 0.717) is 18.3 Å². The van der Waals surface area contributed by atoms with Gasteiger partial charge in [0.1, 0.15) is 5.82 Å². The molecule has 2 heterocycles. The molecule has 29 heavy (non-hydrogen) atoms. The number of hydrogen-bond acceptors (Lipinski definition) is 5. The van der Waals surface area contributed by atoms with Crippen molar-refractivity contribution >= 4 is 21.7 Å². The van der Waals surface area contributed by atoms with Gasteiger partial charge in [0.25, 0.3) is 5.91 Å². The molecule has 8 heteroatoms. The first-order valence-corrected chi connectivity index (χ1v) is 11.3. The Hall–Kier alpha value is -2.29. The van der Waals surface area contributed by atoms with Crippen LogP contribution in [-0.4, -0.2) is 54.5 Å². The summed E-state index contributed by atoms with van der Waals surface area (Å²) < 4.78 is 28.2. The molecule has 1 N–H and O–H groups in total. The van der Waals surface area contributed by atoms with Crippen LogP contribution in [0.5, 0.6) is 0 Å². The molecular formula is C21H23N3O4S. The van der Waals surface area contributed by atoms with E-state index in [1.165, 1.54) is 21.3 Å². The lowest BCUT2D eigenvalue weighted by atomic mass is 9.88. The Labute approximate surface area is 170 Å². The van der Waals surface area contributed by atoms with Gasteiger partial charge in [-0.1, -0.05) is 12.1 Å². The molecule has 3 fully saturated rings. The third-order valence-corrected chi connectivity index (χ3v) is 8.65. The number of sulfonamides is 1. The fourth-order valence-electron chi connectivity index (χ4n) is 5.41. The highest BCUT2D eigenvalue weighted by atomic mass is 32.2. The number of carbonyl (C=O) groups is 1. The Kier molecular flexibility index (Phi) is 4.27. The van der Waals surface area contributed by atoms with Gasteiger partial charge in [-0.15, -0.1) is 0 Å². The van der Waals surface area contributed by atoms with Crippen LogP contribution in [0.25, 0.3) is 0 Å². The van der Waals surface area contributed by atoms with Crippen LogP contribution in [0, 0.1) is 17.8 Å². The highest BCUT2D eigenvalue weighted by Crippen LogP contribution is 2.56. The zero-order valence-electron chi connectivity index (χ0n) is 16.0. The second-order valence-corrected chi connectivity index (χ2v) is 10.2. The van der Waals surface area contributed by atoms with E-state index in [-0.39, 0.29) is 34.2 Å². The summed E-state index contributed by atoms with van der Waals surface area (Å²) in [6, 6.07) is 11.1. The van der Waals surface area contributed by atoms with Crippen molar-refractivity contribution in [2.45, 2.75) is 29.9 Å². The van der Waals surface area contributed by atoms with Gasteiger partial charge >= 0.3 is 0 Å². The average Bonchev–Trinajstić information content (AvgIpc) is 3.37. The second kappa shape index (κ2) is 6.62. The summed E-state index contributed by atoms with van der Waals surface area (Å²) in [5.41, 5.74) is 0.284. The number of aliphatic hydroxyl groups excluding tert-OH is 1. The third-order valence-electron chi connectivity index (χ3n) is 6.79. The van der Waals surface area contributed by atoms with E-state index in [9.17, 15) is 18.3 Å². The smallest absolute Gasteiger partial charge is 0.259 e. The van der Waals surface area contributed by atoms with Crippen molar-refractivity contribution in [2.75, 3.05) is 18.5 Å². The van der Waals surface area contributed by atoms with E-state index in [0.717, 1.165) is 12.8 Å². The molecule has 2 aliphatic carbocycles. The number of nitrogens with zero attached hydrogens (tertiary/aromatic N) is 3. The van der Waals surface area contributed by atoms with Crippen LogP contribution in [0.3, 0.4) is 0 Å². The number of aromatic nitrogens is 1. The standard InChI is InChI=1S/C21H23N3O4S/c1-23(18-7-2-3-8-22-18)21(26)13-5-4-6-16(10-13)29(27,28)24-12-15-9-14-11-17(15)19(24)20(14)25/h2-8,10,14-15,17,19-20,25H,9,11-12H2,1H3. The van der Waals surface area contributed by atoms with Crippen LogP contribution < -0.4 is 4.90 Å². The molecule has 3 aliphatic rings. The predicted octanol–water partition coefficient (Wildman–Crippen LogP) is 1.75. The first kappa shape index (κ1) is 18.7. The van der Waals surface area contributed by atoms with Gasteiger partial charge in [-0.3, -0.25) is 9.69 Å². The number of hydrogen-bond donors (Lipinski definition) is 1. The minimum absolute atomic E-state index is 0.0923. The lowest BCUT2D eigenvalue weighted by molar-refractivity contribution is 0.0731. The molecule has 1 saturated heterocycles. The van der Waals surface area contributed by atoms with Crippen molar-refractivity contribution < 1.29 is 18.3 Å². The highest BCUT2D eigenvalue weighted by Gasteiger charge is 2.61. The largest absolute Gasteiger partial charge is 0.391 e. The van der Waals surface area contributed by atoms with Gasteiger partial charge < -0.3 is 5.11 Å². The normalized spacial score (nSPS) is 30.6. The zero-order chi connectivity index (χ0) is 20.3. The Morgan fingerprint density at radius 3 is 2.72 bits per heavy atom. The Balaban J connectivity index is 1.44. The number of carbonyl (C=O) groups excluding carboxylic acids is 1. The first-order valence-electron chi connectivity index (χ1n) is 9.87. The van der Waals surface area contributed by atoms with Gasteiger partial charge in [-0.05, 0) is 60.9 Å². The number of pyridine rings is 1. The molecule has 2 saturated carbocycles. The number of amides is 1. The van der Waals surface area contributed by atoms with Crippen LogP contribution in [0.2, 0.25) is 0 Å². The third kappa shape index (κ3) is 2.81. The van der Waals surface area contributed by atoms with Gasteiger partial charge in [-0.2, -0.15) is 4.31 Å². The fourth-order valence-corrected chi connectivity index (χ4v) is 7.20. The lowest BCUT2D eigenvalue weighted by Gasteiger charge is -2.28. The van der Waals surface area contributed by atoms with Crippen molar-refractivity contribution in [2.24, 2.45) is 17.8 Å². The first-order chi connectivity index (χ1) is 13.9. The van der Waals surface area contributed by atoms with Gasteiger partial charge in [0.15, 0.2) is 0 Å². The lowest BCUT2D eigenvalue weighted by Crippen LogP contribution is -2.43. The summed E-state index contributed by atoms with van der Waals surface area (Å²) in [5, 5.41) is 10.6. The highest BCUT2D eigenvalue weighted by molar-refractivity contribution is 7.89. The van der Waals surface area contributed by atoms with Crippen LogP contribution in [0.1, 0.15) is 23.2 Å². The zero-order valence-corrected chi connectivity index (χ0v) is 16.9. The van der Waals surface area contributed by atoms with Gasteiger partial charge in [-0.25, -0.2) is 13.4 Å². The Morgan fingerprint density at radius 1 is 1.17 bits per heavy atom. The van der Waals surface area contributed by atoms with Crippen molar-refractivity contribution in [3.63, 3.8) is 0 Å². The molecule has 0 spiro atoms. The number of rotatable bonds is 4. The molecule has 5 rings (SSSR count). The summed E-state index contributed by atoms with van der Waals surface area (Å²) in [7, 11) is -2.18. The molecule has 2 aromatic rings. The number of benzene rings is 1. The molecule has 1 amide bonds. The minimum atomic E-state index is -3.79. The van der Waals surface area contributed by atoms with Gasteiger partial charge in [0, 0.05) is 25.4 Å². The topological polar surface area (TPSA) is 90.8 Å². The van der Waals surface area contributed by atoms with Crippen molar-refractivity contribution in [1.29, 1.82) is 0 Å². The van der Waals surface area contributed by atoms with Crippen molar-refractivity contribution in [3.8, 4) is 0 Å². The van der Waals surface area contributed by atoms with Crippen molar-refractivity contribution in [3.05, 3.63) is 54.2 Å². The maximum Gasteiger partial charge on any atom is 0.259 e. The fraction of sp³-hybridized carbons (Fsp3) is 0.429. The van der Waals surface area contributed by atoms with Crippen LogP contribution >= 0.6 is 0 Å². The summed E-state index contributed by atoms with van der Waals surface area (Å²) >= 11 is 0. The predicted molar refractivity (Wildman–Crippen MR) is 107 cm³/mol. The van der Waals surface area contributed by atoms with E-state index in [2.05, 4.69) is 4.98 Å². The van der Waals surface area contributed by atoms with Crippen molar-refractivity contribution in [1.82, 2.24) is 9.29 Å². The van der Waals surface area contributed by atoms with Gasteiger partial charge in [0.05, 0.1) is 17.0 Å². The number of anilines is 1. The monoisotopic (exact) mass is 413 g/mol. The molecule has 1 aromatic heterocycles.